The van der Waals surface area contributed by atoms with Gasteiger partial charge in [-0.2, -0.15) is 0 Å². The van der Waals surface area contributed by atoms with E-state index in [9.17, 15) is 9.59 Å². The molecule has 33 heavy (non-hydrogen) atoms. The van der Waals surface area contributed by atoms with Gasteiger partial charge in [0, 0.05) is 25.2 Å². The molecule has 1 aromatic carbocycles. The zero-order valence-electron chi connectivity index (χ0n) is 19.1. The van der Waals surface area contributed by atoms with Crippen LogP contribution in [0.5, 0.6) is 11.5 Å². The van der Waals surface area contributed by atoms with Gasteiger partial charge in [0.2, 0.25) is 5.91 Å². The van der Waals surface area contributed by atoms with E-state index < -0.39 is 11.9 Å². The second-order valence-corrected chi connectivity index (χ2v) is 7.80. The number of nitrogens with one attached hydrogen (secondary N) is 1. The Balaban J connectivity index is 1.79. The molecular formula is C22H27N5O6. The maximum absolute atomic E-state index is 13.6. The zero-order chi connectivity index (χ0) is 23.5. The van der Waals surface area contributed by atoms with Crippen molar-refractivity contribution in [3.63, 3.8) is 0 Å². The van der Waals surface area contributed by atoms with E-state index in [4.69, 9.17) is 23.7 Å². The average molecular weight is 457 g/mol. The van der Waals surface area contributed by atoms with Crippen LogP contribution in [0.3, 0.4) is 0 Å². The van der Waals surface area contributed by atoms with E-state index >= 15 is 0 Å². The van der Waals surface area contributed by atoms with Crippen LogP contribution < -0.4 is 20.3 Å². The summed E-state index contributed by atoms with van der Waals surface area (Å²) < 4.78 is 22.6. The number of carbonyl (C=O) groups excluding carboxylic acids is 1. The molecule has 1 fully saturated rings. The molecule has 3 aromatic rings. The van der Waals surface area contributed by atoms with E-state index in [-0.39, 0.29) is 11.4 Å². The summed E-state index contributed by atoms with van der Waals surface area (Å²) in [6, 6.07) is 4.02. The van der Waals surface area contributed by atoms with E-state index in [0.29, 0.717) is 66.8 Å². The first-order chi connectivity index (χ1) is 15.9. The number of morpholine rings is 1. The summed E-state index contributed by atoms with van der Waals surface area (Å²) in [5.41, 5.74) is 0.125. The Morgan fingerprint density at radius 2 is 1.88 bits per heavy atom. The highest BCUT2D eigenvalue weighted by Crippen LogP contribution is 2.30. The first kappa shape index (κ1) is 22.7. The van der Waals surface area contributed by atoms with Gasteiger partial charge in [-0.05, 0) is 19.9 Å². The molecule has 1 N–H and O–H groups in total. The van der Waals surface area contributed by atoms with Crippen molar-refractivity contribution in [3.05, 3.63) is 40.1 Å². The van der Waals surface area contributed by atoms with E-state index in [1.54, 1.807) is 32.0 Å². The Kier molecular flexibility index (Phi) is 6.61. The fraction of sp³-hybridized carbons (Fsp3) is 0.455. The molecule has 0 radical (unpaired) electrons. The number of anilines is 1. The van der Waals surface area contributed by atoms with Crippen LogP contribution in [0, 0.1) is 6.92 Å². The van der Waals surface area contributed by atoms with Crippen LogP contribution in [-0.2, 0) is 16.1 Å². The first-order valence-electron chi connectivity index (χ1n) is 10.6. The predicted molar refractivity (Wildman–Crippen MR) is 120 cm³/mol. The minimum Gasteiger partial charge on any atom is -0.493 e. The van der Waals surface area contributed by atoms with Gasteiger partial charge in [0.1, 0.15) is 17.6 Å². The number of amides is 1. The number of aryl methyl sites for hydroxylation is 1. The van der Waals surface area contributed by atoms with E-state index in [2.05, 4.69) is 15.4 Å². The Labute approximate surface area is 190 Å². The van der Waals surface area contributed by atoms with Gasteiger partial charge in [-0.25, -0.2) is 4.98 Å². The van der Waals surface area contributed by atoms with Gasteiger partial charge in [-0.1, -0.05) is 5.16 Å². The number of aromatic nitrogens is 3. The molecule has 1 unspecified atom stereocenters. The van der Waals surface area contributed by atoms with Crippen LogP contribution in [0.15, 0.2) is 27.5 Å². The summed E-state index contributed by atoms with van der Waals surface area (Å²) in [6.45, 7) is 6.39. The van der Waals surface area contributed by atoms with Crippen LogP contribution in [0.1, 0.15) is 24.6 Å². The molecule has 2 aromatic heterocycles. The molecule has 176 valence electrons. The molecule has 3 heterocycles. The Hall–Kier alpha value is -3.44. The van der Waals surface area contributed by atoms with Crippen molar-refractivity contribution in [2.24, 2.45) is 0 Å². The number of rotatable bonds is 7. The lowest BCUT2D eigenvalue weighted by Crippen LogP contribution is -2.40. The van der Waals surface area contributed by atoms with Gasteiger partial charge < -0.3 is 24.1 Å². The number of methoxy groups -OCH3 is 2. The lowest BCUT2D eigenvalue weighted by molar-refractivity contribution is -0.119. The van der Waals surface area contributed by atoms with Gasteiger partial charge >= 0.3 is 0 Å². The summed E-state index contributed by atoms with van der Waals surface area (Å²) >= 11 is 0. The summed E-state index contributed by atoms with van der Waals surface area (Å²) in [5.74, 6) is 1.80. The fourth-order valence-electron chi connectivity index (χ4n) is 3.82. The second-order valence-electron chi connectivity index (χ2n) is 7.80. The number of hydrogen-bond acceptors (Lipinski definition) is 9. The van der Waals surface area contributed by atoms with Gasteiger partial charge in [0.25, 0.3) is 5.56 Å². The number of hydrogen-bond donors (Lipinski definition) is 1. The third-order valence-corrected chi connectivity index (χ3v) is 5.59. The lowest BCUT2D eigenvalue weighted by atomic mass is 10.2. The first-order valence-corrected chi connectivity index (χ1v) is 10.6. The smallest absolute Gasteiger partial charge is 0.262 e. The molecule has 1 aliphatic heterocycles. The molecule has 0 bridgehead atoms. The average Bonchev–Trinajstić information content (AvgIpc) is 3.23. The molecule has 0 aliphatic carbocycles. The fourth-order valence-corrected chi connectivity index (χ4v) is 3.82. The maximum atomic E-state index is 13.6. The maximum Gasteiger partial charge on any atom is 0.262 e. The van der Waals surface area contributed by atoms with Crippen molar-refractivity contribution in [1.82, 2.24) is 19.6 Å². The topological polar surface area (TPSA) is 121 Å². The van der Waals surface area contributed by atoms with Gasteiger partial charge in [0.15, 0.2) is 17.3 Å². The summed E-state index contributed by atoms with van der Waals surface area (Å²) in [4.78, 5) is 33.5. The highest BCUT2D eigenvalue weighted by Gasteiger charge is 2.25. The van der Waals surface area contributed by atoms with E-state index in [1.807, 2.05) is 0 Å². The Morgan fingerprint density at radius 3 is 2.52 bits per heavy atom. The molecular weight excluding hydrogens is 430 g/mol. The number of nitrogens with zero attached hydrogens (tertiary/aromatic N) is 4. The highest BCUT2D eigenvalue weighted by molar-refractivity contribution is 5.93. The third kappa shape index (κ3) is 4.69. The third-order valence-electron chi connectivity index (χ3n) is 5.59. The van der Waals surface area contributed by atoms with Gasteiger partial charge in [-0.15, -0.1) is 0 Å². The molecule has 0 saturated carbocycles. The van der Waals surface area contributed by atoms with Crippen molar-refractivity contribution < 1.29 is 23.5 Å². The SMILES string of the molecule is COc1cc2nc(CN3CCOCC3)n(C(C)C(=O)Nc3cc(C)on3)c(=O)c2cc1OC. The highest BCUT2D eigenvalue weighted by atomic mass is 16.5. The molecule has 11 heteroatoms. The minimum absolute atomic E-state index is 0.285. The number of carbonyl (C=O) groups is 1. The van der Waals surface area contributed by atoms with Crippen LogP contribution in [0.4, 0.5) is 5.82 Å². The largest absolute Gasteiger partial charge is 0.493 e. The van der Waals surface area contributed by atoms with Gasteiger partial charge in [-0.3, -0.25) is 19.1 Å². The molecule has 1 aliphatic rings. The number of ether oxygens (including phenoxy) is 3. The predicted octanol–water partition coefficient (Wildman–Crippen LogP) is 1.74. The molecule has 11 nitrogen and oxygen atoms in total. The quantitative estimate of drug-likeness (QED) is 0.565. The molecule has 4 rings (SSSR count). The summed E-state index contributed by atoms with van der Waals surface area (Å²) in [5, 5.41) is 6.83. The molecule has 1 atom stereocenters. The minimum atomic E-state index is -0.851. The molecule has 0 spiro atoms. The normalized spacial score (nSPS) is 15.4. The lowest BCUT2D eigenvalue weighted by Gasteiger charge is -2.28. The Morgan fingerprint density at radius 1 is 1.18 bits per heavy atom. The van der Waals surface area contributed by atoms with E-state index in [1.165, 1.54) is 18.8 Å². The second kappa shape index (κ2) is 9.59. The Bertz CT molecular complexity index is 1210. The summed E-state index contributed by atoms with van der Waals surface area (Å²) in [6.07, 6.45) is 0. The molecule has 1 amide bonds. The zero-order valence-corrected chi connectivity index (χ0v) is 19.1. The van der Waals surface area contributed by atoms with E-state index in [0.717, 1.165) is 0 Å². The number of benzene rings is 1. The summed E-state index contributed by atoms with van der Waals surface area (Å²) in [7, 11) is 3.02. The number of fused-ring (bicyclic) bond motifs is 1. The van der Waals surface area contributed by atoms with Crippen molar-refractivity contribution >= 4 is 22.6 Å². The van der Waals surface area contributed by atoms with Crippen LogP contribution >= 0.6 is 0 Å². The van der Waals surface area contributed by atoms with Crippen molar-refractivity contribution in [2.45, 2.75) is 26.4 Å². The monoisotopic (exact) mass is 457 g/mol. The van der Waals surface area contributed by atoms with Crippen molar-refractivity contribution in [2.75, 3.05) is 45.8 Å². The van der Waals surface area contributed by atoms with Crippen LogP contribution in [0.25, 0.3) is 10.9 Å². The van der Waals surface area contributed by atoms with Crippen LogP contribution in [-0.4, -0.2) is 66.0 Å². The van der Waals surface area contributed by atoms with Crippen molar-refractivity contribution in [3.8, 4) is 11.5 Å². The van der Waals surface area contributed by atoms with Crippen LogP contribution in [0.2, 0.25) is 0 Å². The standard InChI is InChI=1S/C22H27N5O6/c1-13-9-19(25-33-13)24-21(28)14(2)27-20(12-26-5-7-32-8-6-26)23-16-11-18(31-4)17(30-3)10-15(16)22(27)29/h9-11,14H,5-8,12H2,1-4H3,(H,24,25,28). The molecule has 1 saturated heterocycles. The van der Waals surface area contributed by atoms with Crippen molar-refractivity contribution in [1.29, 1.82) is 0 Å². The van der Waals surface area contributed by atoms with Gasteiger partial charge in [0.05, 0.1) is 44.9 Å².